The third-order valence-corrected chi connectivity index (χ3v) is 4.86. The summed E-state index contributed by atoms with van der Waals surface area (Å²) >= 11 is 0. The van der Waals surface area contributed by atoms with Gasteiger partial charge in [-0.05, 0) is 18.9 Å². The molecule has 0 aliphatic carbocycles. The molecule has 3 fully saturated rings. The molecular formula is C16H18N4O2. The molecule has 3 aliphatic rings. The first-order valence-corrected chi connectivity index (χ1v) is 7.74. The molecule has 4 heterocycles. The second kappa shape index (κ2) is 5.21. The molecule has 0 amide bonds. The van der Waals surface area contributed by atoms with Crippen LogP contribution < -0.4 is 4.90 Å². The Morgan fingerprint density at radius 3 is 2.77 bits per heavy atom. The lowest BCUT2D eigenvalue weighted by Gasteiger charge is -2.32. The summed E-state index contributed by atoms with van der Waals surface area (Å²) in [5, 5.41) is 11.9. The predicted molar refractivity (Wildman–Crippen MR) is 85.2 cm³/mol. The Morgan fingerprint density at radius 2 is 2.00 bits per heavy atom. The van der Waals surface area contributed by atoms with Gasteiger partial charge in [-0.25, -0.2) is 4.98 Å². The molecule has 0 unspecified atom stereocenters. The summed E-state index contributed by atoms with van der Waals surface area (Å²) in [7, 11) is 0. The first-order chi connectivity index (χ1) is 10.7. The van der Waals surface area contributed by atoms with Crippen LogP contribution in [0, 0.1) is 10.1 Å². The highest BCUT2D eigenvalue weighted by Gasteiger charge is 2.29. The molecule has 0 saturated carbocycles. The third-order valence-electron chi connectivity index (χ3n) is 4.86. The molecule has 0 atom stereocenters. The van der Waals surface area contributed by atoms with Gasteiger partial charge in [0.25, 0.3) is 5.69 Å². The molecule has 0 spiro atoms. The van der Waals surface area contributed by atoms with E-state index in [9.17, 15) is 10.1 Å². The fourth-order valence-corrected chi connectivity index (χ4v) is 3.66. The Labute approximate surface area is 128 Å². The highest BCUT2D eigenvalue weighted by Crippen LogP contribution is 2.30. The van der Waals surface area contributed by atoms with E-state index in [1.807, 2.05) is 12.1 Å². The van der Waals surface area contributed by atoms with Crippen molar-refractivity contribution in [2.45, 2.75) is 18.9 Å². The van der Waals surface area contributed by atoms with Crippen molar-refractivity contribution in [3.05, 3.63) is 40.6 Å². The molecule has 114 valence electrons. The van der Waals surface area contributed by atoms with Gasteiger partial charge in [-0.1, -0.05) is 12.1 Å². The van der Waals surface area contributed by atoms with Crippen molar-refractivity contribution in [3.63, 3.8) is 0 Å². The number of non-ortho nitro benzene ring substituents is 1. The van der Waals surface area contributed by atoms with Gasteiger partial charge in [0, 0.05) is 43.7 Å². The molecule has 1 aromatic heterocycles. The summed E-state index contributed by atoms with van der Waals surface area (Å²) in [4.78, 5) is 20.1. The number of anilines is 1. The van der Waals surface area contributed by atoms with Gasteiger partial charge in [0.15, 0.2) is 0 Å². The van der Waals surface area contributed by atoms with E-state index in [1.54, 1.807) is 12.3 Å². The molecule has 0 radical (unpaired) electrons. The largest absolute Gasteiger partial charge is 0.366 e. The van der Waals surface area contributed by atoms with E-state index in [1.165, 1.54) is 32.0 Å². The second-order valence-corrected chi connectivity index (χ2v) is 6.07. The van der Waals surface area contributed by atoms with Crippen LogP contribution in [0.15, 0.2) is 30.5 Å². The van der Waals surface area contributed by atoms with Crippen LogP contribution in [0.1, 0.15) is 12.8 Å². The average molecular weight is 298 g/mol. The number of hydrogen-bond donors (Lipinski definition) is 0. The van der Waals surface area contributed by atoms with Crippen molar-refractivity contribution in [3.8, 4) is 0 Å². The van der Waals surface area contributed by atoms with Crippen molar-refractivity contribution in [2.24, 2.45) is 0 Å². The van der Waals surface area contributed by atoms with E-state index in [0.717, 1.165) is 24.2 Å². The summed E-state index contributed by atoms with van der Waals surface area (Å²) in [6.45, 7) is 4.44. The normalized spacial score (nSPS) is 24.5. The minimum absolute atomic E-state index is 0.0759. The Balaban J connectivity index is 1.75. The van der Waals surface area contributed by atoms with E-state index in [-0.39, 0.29) is 10.6 Å². The van der Waals surface area contributed by atoms with E-state index >= 15 is 0 Å². The van der Waals surface area contributed by atoms with Gasteiger partial charge in [0.1, 0.15) is 5.52 Å². The van der Waals surface area contributed by atoms with Gasteiger partial charge in [-0.2, -0.15) is 0 Å². The number of fused-ring (bicyclic) bond motifs is 5. The van der Waals surface area contributed by atoms with E-state index in [0.29, 0.717) is 11.6 Å². The van der Waals surface area contributed by atoms with Gasteiger partial charge in [-0.3, -0.25) is 10.1 Å². The van der Waals surface area contributed by atoms with Gasteiger partial charge in [0.05, 0.1) is 16.8 Å². The standard InChI is InChI=1S/C16H18N4O2/c21-20(22)15-3-1-2-12-10-14(11-17-16(12)15)19-9-8-18-6-4-13(19)5-7-18/h1-3,10-11,13H,4-9H2. The first kappa shape index (κ1) is 13.5. The summed E-state index contributed by atoms with van der Waals surface area (Å²) in [6.07, 6.45) is 4.17. The zero-order valence-electron chi connectivity index (χ0n) is 12.3. The molecule has 3 saturated heterocycles. The summed E-state index contributed by atoms with van der Waals surface area (Å²) < 4.78 is 0. The molecule has 1 aromatic carbocycles. The Hall–Kier alpha value is -2.21. The maximum absolute atomic E-state index is 11.1. The van der Waals surface area contributed by atoms with Crippen LogP contribution in [0.5, 0.6) is 0 Å². The lowest BCUT2D eigenvalue weighted by atomic mass is 10.0. The Bertz CT molecular complexity index is 725. The number of nitrogens with zero attached hydrogens (tertiary/aromatic N) is 4. The molecule has 6 heteroatoms. The number of hydrogen-bond acceptors (Lipinski definition) is 5. The van der Waals surface area contributed by atoms with Crippen molar-refractivity contribution < 1.29 is 4.92 Å². The minimum atomic E-state index is -0.365. The second-order valence-electron chi connectivity index (χ2n) is 6.07. The van der Waals surface area contributed by atoms with Crippen molar-refractivity contribution in [1.29, 1.82) is 0 Å². The summed E-state index contributed by atoms with van der Waals surface area (Å²) in [5.74, 6) is 0. The number of para-hydroxylation sites is 1. The Kier molecular flexibility index (Phi) is 3.18. The summed E-state index contributed by atoms with van der Waals surface area (Å²) in [5.41, 5.74) is 1.63. The van der Waals surface area contributed by atoms with Crippen LogP contribution in [0.3, 0.4) is 0 Å². The maximum Gasteiger partial charge on any atom is 0.295 e. The predicted octanol–water partition coefficient (Wildman–Crippen LogP) is 2.43. The van der Waals surface area contributed by atoms with Crippen LogP contribution in [0.2, 0.25) is 0 Å². The average Bonchev–Trinajstić information content (AvgIpc) is 2.87. The zero-order valence-corrected chi connectivity index (χ0v) is 12.3. The number of rotatable bonds is 2. The van der Waals surface area contributed by atoms with Crippen molar-refractivity contribution in [2.75, 3.05) is 31.1 Å². The van der Waals surface area contributed by atoms with Crippen LogP contribution >= 0.6 is 0 Å². The van der Waals surface area contributed by atoms with Crippen LogP contribution in [-0.2, 0) is 0 Å². The highest BCUT2D eigenvalue weighted by molar-refractivity contribution is 5.89. The number of nitro benzene ring substituents is 1. The summed E-state index contributed by atoms with van der Waals surface area (Å²) in [6, 6.07) is 7.75. The topological polar surface area (TPSA) is 62.5 Å². The van der Waals surface area contributed by atoms with Gasteiger partial charge < -0.3 is 9.80 Å². The monoisotopic (exact) mass is 298 g/mol. The molecule has 0 N–H and O–H groups in total. The van der Waals surface area contributed by atoms with E-state index in [4.69, 9.17) is 0 Å². The number of benzene rings is 1. The minimum Gasteiger partial charge on any atom is -0.366 e. The lowest BCUT2D eigenvalue weighted by Crippen LogP contribution is -2.37. The Morgan fingerprint density at radius 1 is 1.18 bits per heavy atom. The molecule has 6 nitrogen and oxygen atoms in total. The molecule has 2 bridgehead atoms. The van der Waals surface area contributed by atoms with Crippen LogP contribution in [-0.4, -0.2) is 47.0 Å². The van der Waals surface area contributed by atoms with Gasteiger partial charge >= 0.3 is 0 Å². The van der Waals surface area contributed by atoms with Crippen LogP contribution in [0.4, 0.5) is 11.4 Å². The SMILES string of the molecule is O=[N+]([O-])c1cccc2cc(N3CCN4CCC3CC4)cnc12. The number of pyridine rings is 1. The zero-order chi connectivity index (χ0) is 15.1. The highest BCUT2D eigenvalue weighted by atomic mass is 16.6. The number of aromatic nitrogens is 1. The number of nitro groups is 1. The van der Waals surface area contributed by atoms with Gasteiger partial charge in [0.2, 0.25) is 0 Å². The molecule has 3 aliphatic heterocycles. The van der Waals surface area contributed by atoms with Crippen molar-refractivity contribution >= 4 is 22.3 Å². The fraction of sp³-hybridized carbons (Fsp3) is 0.438. The van der Waals surface area contributed by atoms with Crippen molar-refractivity contribution in [1.82, 2.24) is 9.88 Å². The molecule has 22 heavy (non-hydrogen) atoms. The smallest absolute Gasteiger partial charge is 0.295 e. The van der Waals surface area contributed by atoms with E-state index in [2.05, 4.69) is 14.8 Å². The van der Waals surface area contributed by atoms with E-state index < -0.39 is 0 Å². The fourth-order valence-electron chi connectivity index (χ4n) is 3.66. The molecule has 5 rings (SSSR count). The number of piperidine rings is 1. The third kappa shape index (κ3) is 2.20. The maximum atomic E-state index is 11.1. The van der Waals surface area contributed by atoms with Crippen LogP contribution in [0.25, 0.3) is 10.9 Å². The quantitative estimate of drug-likeness (QED) is 0.629. The molecular weight excluding hydrogens is 280 g/mol. The first-order valence-electron chi connectivity index (χ1n) is 7.74. The molecule has 2 aromatic rings. The lowest BCUT2D eigenvalue weighted by molar-refractivity contribution is -0.383. The van der Waals surface area contributed by atoms with Gasteiger partial charge in [-0.15, -0.1) is 0 Å².